The van der Waals surface area contributed by atoms with Crippen molar-refractivity contribution in [3.05, 3.63) is 39.3 Å². The molecule has 0 spiro atoms. The Hall–Kier alpha value is -1.37. The first-order valence-electron chi connectivity index (χ1n) is 6.62. The zero-order chi connectivity index (χ0) is 16.3. The van der Waals surface area contributed by atoms with Gasteiger partial charge in [-0.2, -0.15) is 0 Å². The van der Waals surface area contributed by atoms with Crippen molar-refractivity contribution >= 4 is 57.9 Å². The van der Waals surface area contributed by atoms with Crippen LogP contribution in [0.25, 0.3) is 6.08 Å². The van der Waals surface area contributed by atoms with Gasteiger partial charge in [0.05, 0.1) is 4.91 Å². The smallest absolute Gasteiger partial charge is 0.303 e. The Kier molecular flexibility index (Phi) is 5.61. The van der Waals surface area contributed by atoms with Gasteiger partial charge < -0.3 is 5.11 Å². The lowest BCUT2D eigenvalue weighted by Crippen LogP contribution is -2.29. The Morgan fingerprint density at radius 2 is 2.23 bits per heavy atom. The summed E-state index contributed by atoms with van der Waals surface area (Å²) in [7, 11) is 0. The highest BCUT2D eigenvalue weighted by Crippen LogP contribution is 2.34. The van der Waals surface area contributed by atoms with Crippen LogP contribution in [0, 0.1) is 6.92 Å². The molecule has 0 bridgehead atoms. The fourth-order valence-corrected chi connectivity index (χ4v) is 3.61. The van der Waals surface area contributed by atoms with E-state index in [9.17, 15) is 9.59 Å². The van der Waals surface area contributed by atoms with Gasteiger partial charge in [-0.1, -0.05) is 47.7 Å². The average Bonchev–Trinajstić information content (AvgIpc) is 2.70. The van der Waals surface area contributed by atoms with E-state index in [1.54, 1.807) is 12.1 Å². The molecule has 0 aliphatic carbocycles. The molecule has 1 N–H and O–H groups in total. The van der Waals surface area contributed by atoms with E-state index < -0.39 is 5.97 Å². The number of rotatable bonds is 5. The van der Waals surface area contributed by atoms with Crippen LogP contribution in [-0.2, 0) is 9.59 Å². The fraction of sp³-hybridized carbons (Fsp3) is 0.267. The molecule has 1 fully saturated rings. The van der Waals surface area contributed by atoms with Gasteiger partial charge in [0.25, 0.3) is 5.91 Å². The van der Waals surface area contributed by atoms with Gasteiger partial charge in [-0.25, -0.2) is 0 Å². The minimum atomic E-state index is -0.882. The molecular weight excluding hydrogens is 342 g/mol. The van der Waals surface area contributed by atoms with Gasteiger partial charge in [0.2, 0.25) is 0 Å². The molecule has 0 radical (unpaired) electrons. The SMILES string of the molecule is Cc1cccc(Cl)c1/C=C1\SC(=S)N(CCCC(=O)O)C1=O. The zero-order valence-electron chi connectivity index (χ0n) is 11.8. The molecule has 1 aliphatic rings. The lowest BCUT2D eigenvalue weighted by Gasteiger charge is -2.13. The molecular formula is C15H14ClNO3S2. The lowest BCUT2D eigenvalue weighted by atomic mass is 10.1. The van der Waals surface area contributed by atoms with Crippen LogP contribution in [0.3, 0.4) is 0 Å². The summed E-state index contributed by atoms with van der Waals surface area (Å²) in [4.78, 5) is 24.9. The molecule has 22 heavy (non-hydrogen) atoms. The topological polar surface area (TPSA) is 57.6 Å². The first kappa shape index (κ1) is 17.0. The number of thioether (sulfide) groups is 1. The van der Waals surface area contributed by atoms with Crippen molar-refractivity contribution < 1.29 is 14.7 Å². The third-order valence-corrected chi connectivity index (χ3v) is 4.90. The van der Waals surface area contributed by atoms with E-state index in [-0.39, 0.29) is 12.3 Å². The number of carboxylic acid groups (broad SMARTS) is 1. The summed E-state index contributed by atoms with van der Waals surface area (Å²) in [5, 5.41) is 9.24. The molecule has 1 aliphatic heterocycles. The molecule has 1 amide bonds. The van der Waals surface area contributed by atoms with E-state index in [1.165, 1.54) is 16.7 Å². The van der Waals surface area contributed by atoms with Gasteiger partial charge in [0, 0.05) is 18.0 Å². The second-order valence-corrected chi connectivity index (χ2v) is 6.88. The van der Waals surface area contributed by atoms with Crippen molar-refractivity contribution in [1.82, 2.24) is 4.90 Å². The molecule has 0 aromatic heterocycles. The molecule has 0 unspecified atom stereocenters. The minimum Gasteiger partial charge on any atom is -0.481 e. The van der Waals surface area contributed by atoms with Gasteiger partial charge in [-0.15, -0.1) is 0 Å². The molecule has 0 saturated carbocycles. The lowest BCUT2D eigenvalue weighted by molar-refractivity contribution is -0.137. The number of hydrogen-bond donors (Lipinski definition) is 1. The van der Waals surface area contributed by atoms with Crippen molar-refractivity contribution in [3.8, 4) is 0 Å². The number of hydrogen-bond acceptors (Lipinski definition) is 4. The van der Waals surface area contributed by atoms with Gasteiger partial charge in [0.15, 0.2) is 0 Å². The van der Waals surface area contributed by atoms with E-state index in [2.05, 4.69) is 0 Å². The van der Waals surface area contributed by atoms with Gasteiger partial charge >= 0.3 is 5.97 Å². The van der Waals surface area contributed by atoms with Crippen LogP contribution in [0.4, 0.5) is 0 Å². The number of carbonyl (C=O) groups is 2. The molecule has 7 heteroatoms. The van der Waals surface area contributed by atoms with Crippen molar-refractivity contribution in [3.63, 3.8) is 0 Å². The standard InChI is InChI=1S/C15H14ClNO3S2/c1-9-4-2-5-11(16)10(9)8-12-14(20)17(15(21)22-12)7-3-6-13(18)19/h2,4-5,8H,3,6-7H2,1H3,(H,18,19)/b12-8-. The summed E-state index contributed by atoms with van der Waals surface area (Å²) < 4.78 is 0.450. The van der Waals surface area contributed by atoms with E-state index in [4.69, 9.17) is 28.9 Å². The molecule has 2 rings (SSSR count). The third kappa shape index (κ3) is 3.88. The van der Waals surface area contributed by atoms with Crippen molar-refractivity contribution in [1.29, 1.82) is 0 Å². The summed E-state index contributed by atoms with van der Waals surface area (Å²) in [6, 6.07) is 5.55. The molecule has 1 aromatic carbocycles. The minimum absolute atomic E-state index is 0.0136. The molecule has 1 heterocycles. The Morgan fingerprint density at radius 1 is 1.50 bits per heavy atom. The van der Waals surface area contributed by atoms with Crippen LogP contribution in [0.15, 0.2) is 23.1 Å². The molecule has 1 aromatic rings. The number of carboxylic acids is 1. The van der Waals surface area contributed by atoms with E-state index in [0.29, 0.717) is 27.2 Å². The first-order chi connectivity index (χ1) is 10.4. The number of benzene rings is 1. The van der Waals surface area contributed by atoms with Crippen molar-refractivity contribution in [2.24, 2.45) is 0 Å². The maximum absolute atomic E-state index is 12.4. The Labute approximate surface area is 143 Å². The van der Waals surface area contributed by atoms with E-state index in [0.717, 1.165) is 11.1 Å². The maximum Gasteiger partial charge on any atom is 0.303 e. The van der Waals surface area contributed by atoms with Crippen LogP contribution in [0.2, 0.25) is 5.02 Å². The van der Waals surface area contributed by atoms with Crippen LogP contribution >= 0.6 is 35.6 Å². The van der Waals surface area contributed by atoms with E-state index in [1.807, 2.05) is 19.1 Å². The summed E-state index contributed by atoms with van der Waals surface area (Å²) >= 11 is 12.6. The van der Waals surface area contributed by atoms with Crippen molar-refractivity contribution in [2.45, 2.75) is 19.8 Å². The highest BCUT2D eigenvalue weighted by molar-refractivity contribution is 8.26. The number of nitrogens with zero attached hydrogens (tertiary/aromatic N) is 1. The summed E-state index contributed by atoms with van der Waals surface area (Å²) in [5.41, 5.74) is 1.78. The number of thiocarbonyl (C=S) groups is 1. The molecule has 0 atom stereocenters. The van der Waals surface area contributed by atoms with Crippen LogP contribution in [0.1, 0.15) is 24.0 Å². The maximum atomic E-state index is 12.4. The number of aliphatic carboxylic acids is 1. The number of halogens is 1. The Bertz CT molecular complexity index is 653. The summed E-state index contributed by atoms with van der Waals surface area (Å²) in [6.45, 7) is 2.24. The fourth-order valence-electron chi connectivity index (χ4n) is 2.04. The molecule has 4 nitrogen and oxygen atoms in total. The van der Waals surface area contributed by atoms with Gasteiger partial charge in [-0.05, 0) is 36.6 Å². The van der Waals surface area contributed by atoms with Crippen molar-refractivity contribution in [2.75, 3.05) is 6.54 Å². The van der Waals surface area contributed by atoms with Crippen LogP contribution in [-0.4, -0.2) is 32.7 Å². The summed E-state index contributed by atoms with van der Waals surface area (Å²) in [6.07, 6.45) is 2.13. The van der Waals surface area contributed by atoms with Gasteiger partial charge in [-0.3, -0.25) is 14.5 Å². The first-order valence-corrected chi connectivity index (χ1v) is 8.22. The Balaban J connectivity index is 2.17. The largest absolute Gasteiger partial charge is 0.481 e. The highest BCUT2D eigenvalue weighted by Gasteiger charge is 2.31. The quantitative estimate of drug-likeness (QED) is 0.644. The second-order valence-electron chi connectivity index (χ2n) is 4.80. The Morgan fingerprint density at radius 3 is 2.86 bits per heavy atom. The predicted octanol–water partition coefficient (Wildman–Crippen LogP) is 3.71. The van der Waals surface area contributed by atoms with Crippen LogP contribution in [0.5, 0.6) is 0 Å². The highest BCUT2D eigenvalue weighted by atomic mass is 35.5. The monoisotopic (exact) mass is 355 g/mol. The molecule has 116 valence electrons. The second kappa shape index (κ2) is 7.26. The predicted molar refractivity (Wildman–Crippen MR) is 92.9 cm³/mol. The number of aryl methyl sites for hydroxylation is 1. The zero-order valence-corrected chi connectivity index (χ0v) is 14.2. The molecule has 1 saturated heterocycles. The van der Waals surface area contributed by atoms with Crippen LogP contribution < -0.4 is 0 Å². The number of carbonyl (C=O) groups excluding carboxylic acids is 1. The third-order valence-electron chi connectivity index (χ3n) is 3.19. The number of amides is 1. The summed E-state index contributed by atoms with van der Waals surface area (Å²) in [5.74, 6) is -1.08. The van der Waals surface area contributed by atoms with E-state index >= 15 is 0 Å². The normalized spacial score (nSPS) is 16.6. The van der Waals surface area contributed by atoms with Gasteiger partial charge in [0.1, 0.15) is 4.32 Å². The average molecular weight is 356 g/mol.